The lowest BCUT2D eigenvalue weighted by molar-refractivity contribution is -0.327. The molecule has 11 heteroatoms. The number of hydroxylamine groups is 2. The Labute approximate surface area is 297 Å². The number of esters is 1. The Bertz CT molecular complexity index is 1340. The Morgan fingerprint density at radius 2 is 1.56 bits per heavy atom. The Balaban J connectivity index is 1.19. The number of allylic oxidation sites excluding steroid dienone is 1. The molecule has 0 radical (unpaired) electrons. The van der Waals surface area contributed by atoms with Crippen LogP contribution in [0, 0.1) is 56.7 Å². The van der Waals surface area contributed by atoms with Crippen molar-refractivity contribution in [3.63, 3.8) is 0 Å². The highest BCUT2D eigenvalue weighted by molar-refractivity contribution is 5.76. The molecule has 0 aromatic carbocycles. The number of ether oxygens (including phenoxy) is 2. The molecule has 1 aliphatic heterocycles. The maximum atomic E-state index is 13.5. The van der Waals surface area contributed by atoms with Gasteiger partial charge in [0.05, 0.1) is 19.1 Å². The lowest BCUT2D eigenvalue weighted by atomic mass is 9.32. The molecular weight excluding hydrogens is 642 g/mol. The normalized spacial score (nSPS) is 49.6. The molecule has 0 amide bonds. The smallest absolute Gasteiger partial charge is 0.323 e. The summed E-state index contributed by atoms with van der Waals surface area (Å²) in [7, 11) is 1.32. The van der Waals surface area contributed by atoms with Crippen molar-refractivity contribution in [1.82, 2.24) is 5.06 Å². The average molecular weight is 706 g/mol. The number of carbonyl (C=O) groups is 2. The van der Waals surface area contributed by atoms with Crippen molar-refractivity contribution >= 4 is 11.9 Å². The van der Waals surface area contributed by atoms with Crippen LogP contribution < -0.4 is 0 Å². The summed E-state index contributed by atoms with van der Waals surface area (Å²) < 4.78 is 11.8. The molecule has 50 heavy (non-hydrogen) atoms. The van der Waals surface area contributed by atoms with Gasteiger partial charge in [-0.15, -0.1) is 5.06 Å². The standard InChI is InChI=1S/C39H63NO10/c1-21(2)22-11-16-39(34(46)47)18-17-37(6)23(29(22)39)9-10-26-36(5)14-13-27(35(3,4)25(36)12-15-38(26,37)7)50-28(42)19-40(48-8)33-32(45)31(44)30(43)24(20-41)49-33/h22-27,29-33,41,43-45H,1,9-20H2,2-8H3,(H,46,47)/t22-,23+,24?,25?,26?,27-,29?,30-,31-,32?,33+,36-,37+,38+,39-/m0/s1. The van der Waals surface area contributed by atoms with Gasteiger partial charge in [0.25, 0.3) is 0 Å². The fraction of sp³-hybridized carbons (Fsp3) is 0.897. The summed E-state index contributed by atoms with van der Waals surface area (Å²) in [5.74, 6) is 0.404. The minimum absolute atomic E-state index is 0.0348. The van der Waals surface area contributed by atoms with Crippen LogP contribution in [0.3, 0.4) is 0 Å². The quantitative estimate of drug-likeness (QED) is 0.139. The summed E-state index contributed by atoms with van der Waals surface area (Å²) in [4.78, 5) is 31.8. The van der Waals surface area contributed by atoms with E-state index in [0.29, 0.717) is 24.2 Å². The third-order valence-corrected chi connectivity index (χ3v) is 16.4. The molecule has 284 valence electrons. The van der Waals surface area contributed by atoms with Crippen molar-refractivity contribution in [1.29, 1.82) is 0 Å². The fourth-order valence-electron chi connectivity index (χ4n) is 13.6. The van der Waals surface area contributed by atoms with Crippen LogP contribution in [-0.4, -0.2) is 99.5 Å². The summed E-state index contributed by atoms with van der Waals surface area (Å²) in [5, 5.41) is 52.4. The van der Waals surface area contributed by atoms with Gasteiger partial charge in [-0.2, -0.15) is 0 Å². The molecule has 0 aromatic heterocycles. The Kier molecular flexibility index (Phi) is 9.96. The molecule has 0 bridgehead atoms. The van der Waals surface area contributed by atoms with Crippen LogP contribution in [-0.2, 0) is 23.9 Å². The zero-order chi connectivity index (χ0) is 36.8. The predicted octanol–water partition coefficient (Wildman–Crippen LogP) is 4.30. The largest absolute Gasteiger partial charge is 0.481 e. The van der Waals surface area contributed by atoms with E-state index in [9.17, 15) is 35.1 Å². The first-order chi connectivity index (χ1) is 23.3. The van der Waals surface area contributed by atoms with Gasteiger partial charge < -0.3 is 35.0 Å². The zero-order valence-corrected chi connectivity index (χ0v) is 31.3. The van der Waals surface area contributed by atoms with Gasteiger partial charge in [-0.25, -0.2) is 0 Å². The third-order valence-electron chi connectivity index (χ3n) is 16.4. The summed E-state index contributed by atoms with van der Waals surface area (Å²) in [5.41, 5.74) is 0.327. The third kappa shape index (κ3) is 5.37. The molecule has 0 spiro atoms. The SMILES string of the molecule is C=C(C)[C@@H]1CC[C@]2(C(=O)O)CC[C@]3(C)[C@H](CCC4[C@@]5(C)CC[C@H](OC(=O)CN(OC)[C@@H]6OC(CO)[C@H](O)[C@H](O)C6O)C(C)(C)C5CC[C@]43C)C12. The predicted molar refractivity (Wildman–Crippen MR) is 184 cm³/mol. The summed E-state index contributed by atoms with van der Waals surface area (Å²) in [6.45, 7) is 17.5. The average Bonchev–Trinajstić information content (AvgIpc) is 3.46. The summed E-state index contributed by atoms with van der Waals surface area (Å²) >= 11 is 0. The molecule has 1 heterocycles. The van der Waals surface area contributed by atoms with Crippen LogP contribution in [0.1, 0.15) is 106 Å². The number of nitrogens with zero attached hydrogens (tertiary/aromatic N) is 1. The lowest BCUT2D eigenvalue weighted by Crippen LogP contribution is -2.67. The number of hydrogen-bond donors (Lipinski definition) is 5. The monoisotopic (exact) mass is 705 g/mol. The zero-order valence-electron chi connectivity index (χ0n) is 31.3. The molecule has 0 aromatic rings. The minimum atomic E-state index is -1.59. The van der Waals surface area contributed by atoms with Crippen molar-refractivity contribution in [2.24, 2.45) is 56.7 Å². The molecule has 11 nitrogen and oxygen atoms in total. The van der Waals surface area contributed by atoms with Crippen molar-refractivity contribution in [3.05, 3.63) is 12.2 Å². The van der Waals surface area contributed by atoms with Crippen molar-refractivity contribution in [2.45, 2.75) is 142 Å². The van der Waals surface area contributed by atoms with E-state index in [2.05, 4.69) is 48.1 Å². The van der Waals surface area contributed by atoms with E-state index in [0.717, 1.165) is 68.4 Å². The van der Waals surface area contributed by atoms with Crippen molar-refractivity contribution < 1.29 is 49.4 Å². The number of carboxylic acid groups (broad SMARTS) is 1. The summed E-state index contributed by atoms with van der Waals surface area (Å²) in [6.07, 6.45) is 1.79. The van der Waals surface area contributed by atoms with Crippen LogP contribution in [0.2, 0.25) is 0 Å². The highest BCUT2D eigenvalue weighted by Crippen LogP contribution is 2.77. The van der Waals surface area contributed by atoms with E-state index in [1.807, 2.05) is 0 Å². The lowest BCUT2D eigenvalue weighted by Gasteiger charge is -2.72. The van der Waals surface area contributed by atoms with Gasteiger partial charge in [-0.1, -0.05) is 46.8 Å². The van der Waals surface area contributed by atoms with E-state index in [1.165, 1.54) is 7.11 Å². The van der Waals surface area contributed by atoms with Crippen LogP contribution in [0.25, 0.3) is 0 Å². The second-order valence-electron chi connectivity index (χ2n) is 18.5. The van der Waals surface area contributed by atoms with Gasteiger partial charge in [-0.05, 0) is 117 Å². The molecule has 5 N–H and O–H groups in total. The molecule has 1 saturated heterocycles. The van der Waals surface area contributed by atoms with Gasteiger partial charge in [0.2, 0.25) is 0 Å². The van der Waals surface area contributed by atoms with Crippen LogP contribution in [0.15, 0.2) is 12.2 Å². The van der Waals surface area contributed by atoms with Crippen LogP contribution in [0.4, 0.5) is 0 Å². The van der Waals surface area contributed by atoms with E-state index < -0.39 is 54.6 Å². The van der Waals surface area contributed by atoms with Gasteiger partial charge in [0.15, 0.2) is 6.23 Å². The van der Waals surface area contributed by atoms with Crippen molar-refractivity contribution in [3.8, 4) is 0 Å². The molecule has 6 rings (SSSR count). The highest BCUT2D eigenvalue weighted by Gasteiger charge is 2.72. The fourth-order valence-corrected chi connectivity index (χ4v) is 13.6. The number of aliphatic hydroxyl groups excluding tert-OH is 4. The molecule has 5 unspecified atom stereocenters. The van der Waals surface area contributed by atoms with E-state index in [1.54, 1.807) is 0 Å². The molecule has 5 aliphatic carbocycles. The first-order valence-corrected chi connectivity index (χ1v) is 19.0. The first-order valence-electron chi connectivity index (χ1n) is 19.0. The second-order valence-corrected chi connectivity index (χ2v) is 18.5. The van der Waals surface area contributed by atoms with E-state index in [4.69, 9.17) is 14.3 Å². The number of aliphatic carboxylic acids is 1. The van der Waals surface area contributed by atoms with E-state index in [-0.39, 0.29) is 46.1 Å². The number of hydrogen-bond acceptors (Lipinski definition) is 10. The van der Waals surface area contributed by atoms with E-state index >= 15 is 0 Å². The Morgan fingerprint density at radius 3 is 2.18 bits per heavy atom. The van der Waals surface area contributed by atoms with Gasteiger partial charge in [0, 0.05) is 5.41 Å². The van der Waals surface area contributed by atoms with Gasteiger partial charge in [0.1, 0.15) is 37.1 Å². The molecule has 15 atom stereocenters. The molecule has 6 aliphatic rings. The molecule has 5 saturated carbocycles. The minimum Gasteiger partial charge on any atom is -0.481 e. The van der Waals surface area contributed by atoms with Gasteiger partial charge >= 0.3 is 11.9 Å². The Morgan fingerprint density at radius 1 is 0.860 bits per heavy atom. The van der Waals surface area contributed by atoms with Crippen molar-refractivity contribution in [2.75, 3.05) is 20.3 Å². The maximum absolute atomic E-state index is 13.5. The summed E-state index contributed by atoms with van der Waals surface area (Å²) in [6, 6.07) is 0. The topological polar surface area (TPSA) is 166 Å². The first kappa shape index (κ1) is 38.1. The van der Waals surface area contributed by atoms with Gasteiger partial charge in [-0.3, -0.25) is 14.4 Å². The highest BCUT2D eigenvalue weighted by atomic mass is 16.7. The second kappa shape index (κ2) is 13.1. The molecule has 6 fully saturated rings. The molecular formula is C39H63NO10. The number of rotatable bonds is 8. The number of aliphatic hydroxyl groups is 4. The maximum Gasteiger partial charge on any atom is 0.323 e. The number of carboxylic acids is 1. The Hall–Kier alpha value is -1.60. The number of carbonyl (C=O) groups excluding carboxylic acids is 1. The van der Waals surface area contributed by atoms with Crippen LogP contribution >= 0.6 is 0 Å². The van der Waals surface area contributed by atoms with Crippen LogP contribution in [0.5, 0.6) is 0 Å². The number of fused-ring (bicyclic) bond motifs is 7.